The standard InChI is InChI=1S/C14H24N4O/c1-4-12-9-13(17(3)16-12)14(19)18-7-5-11(6-8-18)10-15-2/h9,11,15H,4-8,10H2,1-3H3. The smallest absolute Gasteiger partial charge is 0.272 e. The van der Waals surface area contributed by atoms with Gasteiger partial charge in [-0.1, -0.05) is 6.92 Å². The first-order valence-electron chi connectivity index (χ1n) is 7.12. The number of hydrogen-bond donors (Lipinski definition) is 1. The third-order valence-electron chi connectivity index (χ3n) is 3.91. The molecular formula is C14H24N4O. The quantitative estimate of drug-likeness (QED) is 0.884. The van der Waals surface area contributed by atoms with Gasteiger partial charge in [0.25, 0.3) is 5.91 Å². The maximum absolute atomic E-state index is 12.5. The van der Waals surface area contributed by atoms with Crippen molar-refractivity contribution in [2.75, 3.05) is 26.7 Å². The van der Waals surface area contributed by atoms with Crippen LogP contribution in [0.5, 0.6) is 0 Å². The molecule has 2 rings (SSSR count). The van der Waals surface area contributed by atoms with Crippen LogP contribution < -0.4 is 5.32 Å². The summed E-state index contributed by atoms with van der Waals surface area (Å²) in [6, 6.07) is 1.92. The molecule has 19 heavy (non-hydrogen) atoms. The SMILES string of the molecule is CCc1cc(C(=O)N2CCC(CNC)CC2)n(C)n1. The fraction of sp³-hybridized carbons (Fsp3) is 0.714. The van der Waals surface area contributed by atoms with Gasteiger partial charge in [-0.2, -0.15) is 5.10 Å². The van der Waals surface area contributed by atoms with Crippen LogP contribution in [0.3, 0.4) is 0 Å². The molecule has 1 amide bonds. The van der Waals surface area contributed by atoms with Crippen LogP contribution in [0.1, 0.15) is 35.9 Å². The number of aryl methyl sites for hydroxylation is 2. The number of aromatic nitrogens is 2. The van der Waals surface area contributed by atoms with Gasteiger partial charge < -0.3 is 10.2 Å². The van der Waals surface area contributed by atoms with Gasteiger partial charge in [0.15, 0.2) is 0 Å². The molecule has 1 saturated heterocycles. The summed E-state index contributed by atoms with van der Waals surface area (Å²) in [6.07, 6.45) is 3.04. The zero-order valence-corrected chi connectivity index (χ0v) is 12.1. The van der Waals surface area contributed by atoms with Crippen LogP contribution >= 0.6 is 0 Å². The van der Waals surface area contributed by atoms with Crippen molar-refractivity contribution in [1.82, 2.24) is 20.0 Å². The number of piperidine rings is 1. The van der Waals surface area contributed by atoms with Gasteiger partial charge in [0.05, 0.1) is 5.69 Å². The lowest BCUT2D eigenvalue weighted by Gasteiger charge is -2.31. The highest BCUT2D eigenvalue weighted by Crippen LogP contribution is 2.18. The Kier molecular flexibility index (Phi) is 4.58. The lowest BCUT2D eigenvalue weighted by molar-refractivity contribution is 0.0680. The average molecular weight is 264 g/mol. The molecule has 1 aromatic rings. The highest BCUT2D eigenvalue weighted by atomic mass is 16.2. The first kappa shape index (κ1) is 14.1. The summed E-state index contributed by atoms with van der Waals surface area (Å²) in [5.74, 6) is 0.824. The summed E-state index contributed by atoms with van der Waals surface area (Å²) in [6.45, 7) is 4.82. The van der Waals surface area contributed by atoms with Crippen LogP contribution in [-0.2, 0) is 13.5 Å². The molecule has 1 aliphatic heterocycles. The van der Waals surface area contributed by atoms with Crippen LogP contribution in [0.25, 0.3) is 0 Å². The van der Waals surface area contributed by atoms with Crippen molar-refractivity contribution in [2.45, 2.75) is 26.2 Å². The third kappa shape index (κ3) is 3.15. The summed E-state index contributed by atoms with van der Waals surface area (Å²) in [5, 5.41) is 7.56. The first-order valence-corrected chi connectivity index (χ1v) is 7.12. The van der Waals surface area contributed by atoms with E-state index in [9.17, 15) is 4.79 Å². The Morgan fingerprint density at radius 3 is 2.68 bits per heavy atom. The van der Waals surface area contributed by atoms with Gasteiger partial charge >= 0.3 is 0 Å². The van der Waals surface area contributed by atoms with Crippen molar-refractivity contribution in [2.24, 2.45) is 13.0 Å². The highest BCUT2D eigenvalue weighted by Gasteiger charge is 2.25. The van der Waals surface area contributed by atoms with Gasteiger partial charge in [-0.25, -0.2) is 0 Å². The summed E-state index contributed by atoms with van der Waals surface area (Å²) in [5.41, 5.74) is 1.69. The molecule has 0 bridgehead atoms. The van der Waals surface area contributed by atoms with Gasteiger partial charge in [-0.15, -0.1) is 0 Å². The van der Waals surface area contributed by atoms with Crippen LogP contribution in [0.4, 0.5) is 0 Å². The van der Waals surface area contributed by atoms with E-state index in [0.29, 0.717) is 11.6 Å². The number of nitrogens with zero attached hydrogens (tertiary/aromatic N) is 3. The minimum atomic E-state index is 0.123. The highest BCUT2D eigenvalue weighted by molar-refractivity contribution is 5.92. The molecule has 1 fully saturated rings. The van der Waals surface area contributed by atoms with E-state index in [4.69, 9.17) is 0 Å². The predicted molar refractivity (Wildman–Crippen MR) is 75.1 cm³/mol. The van der Waals surface area contributed by atoms with E-state index >= 15 is 0 Å². The maximum atomic E-state index is 12.5. The van der Waals surface area contributed by atoms with E-state index in [2.05, 4.69) is 17.3 Å². The number of nitrogens with one attached hydrogen (secondary N) is 1. The second kappa shape index (κ2) is 6.19. The van der Waals surface area contributed by atoms with Crippen molar-refractivity contribution >= 4 is 5.91 Å². The van der Waals surface area contributed by atoms with Gasteiger partial charge in [-0.05, 0) is 44.8 Å². The number of rotatable bonds is 4. The number of likely N-dealkylation sites (tertiary alicyclic amines) is 1. The van der Waals surface area contributed by atoms with Crippen molar-refractivity contribution < 1.29 is 4.79 Å². The molecule has 0 saturated carbocycles. The van der Waals surface area contributed by atoms with E-state index in [0.717, 1.165) is 44.6 Å². The minimum Gasteiger partial charge on any atom is -0.337 e. The molecule has 0 unspecified atom stereocenters. The van der Waals surface area contributed by atoms with E-state index in [1.807, 2.05) is 25.1 Å². The van der Waals surface area contributed by atoms with Crippen molar-refractivity contribution in [3.63, 3.8) is 0 Å². The molecule has 5 nitrogen and oxygen atoms in total. The molecule has 1 N–H and O–H groups in total. The molecule has 0 aromatic carbocycles. The van der Waals surface area contributed by atoms with Gasteiger partial charge in [0.2, 0.25) is 0 Å². The Balaban J connectivity index is 1.99. The Bertz CT molecular complexity index is 433. The average Bonchev–Trinajstić information content (AvgIpc) is 2.80. The summed E-state index contributed by atoms with van der Waals surface area (Å²) in [4.78, 5) is 14.4. The molecule has 2 heterocycles. The number of carbonyl (C=O) groups excluding carboxylic acids is 1. The zero-order chi connectivity index (χ0) is 13.8. The van der Waals surface area contributed by atoms with Gasteiger partial charge in [0.1, 0.15) is 5.69 Å². The normalized spacial score (nSPS) is 16.9. The second-order valence-corrected chi connectivity index (χ2v) is 5.29. The number of amides is 1. The summed E-state index contributed by atoms with van der Waals surface area (Å²) < 4.78 is 1.71. The second-order valence-electron chi connectivity index (χ2n) is 5.29. The first-order chi connectivity index (χ1) is 9.15. The van der Waals surface area contributed by atoms with Crippen molar-refractivity contribution in [3.05, 3.63) is 17.5 Å². The van der Waals surface area contributed by atoms with Crippen LogP contribution in [0.2, 0.25) is 0 Å². The molecule has 5 heteroatoms. The van der Waals surface area contributed by atoms with Gasteiger partial charge in [-0.3, -0.25) is 9.48 Å². The Labute approximate surface area is 115 Å². The van der Waals surface area contributed by atoms with Gasteiger partial charge in [0, 0.05) is 20.1 Å². The molecule has 106 valence electrons. The Morgan fingerprint density at radius 1 is 1.47 bits per heavy atom. The third-order valence-corrected chi connectivity index (χ3v) is 3.91. The zero-order valence-electron chi connectivity index (χ0n) is 12.1. The fourth-order valence-corrected chi connectivity index (χ4v) is 2.69. The van der Waals surface area contributed by atoms with Crippen LogP contribution in [-0.4, -0.2) is 47.3 Å². The molecule has 0 atom stereocenters. The lowest BCUT2D eigenvalue weighted by atomic mass is 9.96. The molecule has 0 spiro atoms. The van der Waals surface area contributed by atoms with E-state index < -0.39 is 0 Å². The molecule has 0 radical (unpaired) electrons. The number of carbonyl (C=O) groups is 1. The van der Waals surface area contributed by atoms with Crippen LogP contribution in [0, 0.1) is 5.92 Å². The van der Waals surface area contributed by atoms with E-state index in [-0.39, 0.29) is 5.91 Å². The fourth-order valence-electron chi connectivity index (χ4n) is 2.69. The molecule has 1 aromatic heterocycles. The Hall–Kier alpha value is -1.36. The summed E-state index contributed by atoms with van der Waals surface area (Å²) in [7, 11) is 3.83. The largest absolute Gasteiger partial charge is 0.337 e. The Morgan fingerprint density at radius 2 is 2.16 bits per heavy atom. The topological polar surface area (TPSA) is 50.2 Å². The van der Waals surface area contributed by atoms with Crippen molar-refractivity contribution in [1.29, 1.82) is 0 Å². The monoisotopic (exact) mass is 264 g/mol. The minimum absolute atomic E-state index is 0.123. The maximum Gasteiger partial charge on any atom is 0.272 e. The molecule has 1 aliphatic rings. The lowest BCUT2D eigenvalue weighted by Crippen LogP contribution is -2.41. The molecular weight excluding hydrogens is 240 g/mol. The predicted octanol–water partition coefficient (Wildman–Crippen LogP) is 1.05. The van der Waals surface area contributed by atoms with E-state index in [1.165, 1.54) is 0 Å². The molecule has 0 aliphatic carbocycles. The number of hydrogen-bond acceptors (Lipinski definition) is 3. The summed E-state index contributed by atoms with van der Waals surface area (Å²) >= 11 is 0. The van der Waals surface area contributed by atoms with Crippen molar-refractivity contribution in [3.8, 4) is 0 Å². The van der Waals surface area contributed by atoms with E-state index in [1.54, 1.807) is 4.68 Å². The van der Waals surface area contributed by atoms with Crippen LogP contribution in [0.15, 0.2) is 6.07 Å².